The van der Waals surface area contributed by atoms with Gasteiger partial charge >= 0.3 is 0 Å². The molecule has 2 aromatic rings. The predicted molar refractivity (Wildman–Crippen MR) is 82.6 cm³/mol. The zero-order valence-corrected chi connectivity index (χ0v) is 13.7. The average molecular weight is 338 g/mol. The highest BCUT2D eigenvalue weighted by Gasteiger charge is 2.31. The molecule has 0 N–H and O–H groups in total. The van der Waals surface area contributed by atoms with Crippen molar-refractivity contribution >= 4 is 10.0 Å². The first-order valence-electron chi connectivity index (χ1n) is 7.55. The Labute approximate surface area is 135 Å². The molecular formula is C15H19FN4O2S. The lowest BCUT2D eigenvalue weighted by Crippen LogP contribution is -2.41. The van der Waals surface area contributed by atoms with Crippen molar-refractivity contribution in [3.63, 3.8) is 0 Å². The first-order valence-corrected chi connectivity index (χ1v) is 8.99. The molecule has 0 spiro atoms. The fraction of sp³-hybridized carbons (Fsp3) is 0.467. The molecule has 0 bridgehead atoms. The molecular weight excluding hydrogens is 319 g/mol. The Morgan fingerprint density at radius 3 is 2.91 bits per heavy atom. The van der Waals surface area contributed by atoms with Gasteiger partial charge in [-0.25, -0.2) is 17.8 Å². The van der Waals surface area contributed by atoms with Gasteiger partial charge in [0.2, 0.25) is 10.0 Å². The predicted octanol–water partition coefficient (Wildman–Crippen LogP) is 1.83. The Kier molecular flexibility index (Phi) is 4.45. The van der Waals surface area contributed by atoms with Gasteiger partial charge < -0.3 is 0 Å². The van der Waals surface area contributed by atoms with Crippen LogP contribution in [0.3, 0.4) is 0 Å². The van der Waals surface area contributed by atoms with Gasteiger partial charge in [0, 0.05) is 19.6 Å². The van der Waals surface area contributed by atoms with E-state index in [2.05, 4.69) is 10.1 Å². The van der Waals surface area contributed by atoms with Crippen molar-refractivity contribution in [3.8, 4) is 0 Å². The van der Waals surface area contributed by atoms with E-state index in [1.807, 2.05) is 0 Å². The topological polar surface area (TPSA) is 68.1 Å². The summed E-state index contributed by atoms with van der Waals surface area (Å²) in [5.41, 5.74) is 0.434. The molecule has 6 nitrogen and oxygen atoms in total. The third-order valence-corrected chi connectivity index (χ3v) is 6.17. The minimum atomic E-state index is -3.60. The lowest BCUT2D eigenvalue weighted by Gasteiger charge is -2.32. The van der Waals surface area contributed by atoms with Crippen molar-refractivity contribution in [1.82, 2.24) is 19.1 Å². The minimum absolute atomic E-state index is 0.181. The average Bonchev–Trinajstić information content (AvgIpc) is 3.00. The van der Waals surface area contributed by atoms with Gasteiger partial charge in [-0.3, -0.25) is 4.68 Å². The van der Waals surface area contributed by atoms with Crippen molar-refractivity contribution in [3.05, 3.63) is 42.2 Å². The highest BCUT2D eigenvalue weighted by Crippen LogP contribution is 2.26. The normalized spacial score (nSPS) is 19.8. The van der Waals surface area contributed by atoms with E-state index in [-0.39, 0.29) is 10.8 Å². The minimum Gasteiger partial charge on any atom is -0.253 e. The summed E-state index contributed by atoms with van der Waals surface area (Å²) < 4.78 is 42.1. The van der Waals surface area contributed by atoms with E-state index in [0.29, 0.717) is 25.2 Å². The molecule has 0 amide bonds. The Hall–Kier alpha value is -1.80. The van der Waals surface area contributed by atoms with Crippen LogP contribution in [-0.4, -0.2) is 40.6 Å². The standard InChI is InChI=1S/C15H19FN4O2S/c1-12-7-14(16)4-5-15(12)23(21,22)20-6-2-3-13(9-20)8-19-11-17-10-18-19/h4-5,7,10-11,13H,2-3,6,8-9H2,1H3. The largest absolute Gasteiger partial charge is 0.253 e. The lowest BCUT2D eigenvalue weighted by molar-refractivity contribution is 0.239. The van der Waals surface area contributed by atoms with Gasteiger partial charge in [-0.15, -0.1) is 0 Å². The van der Waals surface area contributed by atoms with Crippen LogP contribution in [0.5, 0.6) is 0 Å². The van der Waals surface area contributed by atoms with Crippen LogP contribution >= 0.6 is 0 Å². The number of nitrogens with zero attached hydrogens (tertiary/aromatic N) is 4. The van der Waals surface area contributed by atoms with E-state index < -0.39 is 15.8 Å². The molecule has 1 aromatic heterocycles. The zero-order chi connectivity index (χ0) is 16.4. The summed E-state index contributed by atoms with van der Waals surface area (Å²) in [7, 11) is -3.60. The van der Waals surface area contributed by atoms with E-state index in [1.54, 1.807) is 17.9 Å². The van der Waals surface area contributed by atoms with Crippen molar-refractivity contribution in [2.24, 2.45) is 5.92 Å². The summed E-state index contributed by atoms with van der Waals surface area (Å²) >= 11 is 0. The lowest BCUT2D eigenvalue weighted by atomic mass is 10.00. The Balaban J connectivity index is 1.79. The molecule has 0 aliphatic carbocycles. The van der Waals surface area contributed by atoms with Crippen LogP contribution in [0.2, 0.25) is 0 Å². The van der Waals surface area contributed by atoms with Crippen LogP contribution in [-0.2, 0) is 16.6 Å². The molecule has 1 aromatic carbocycles. The summed E-state index contributed by atoms with van der Waals surface area (Å²) in [5.74, 6) is -0.231. The third-order valence-electron chi connectivity index (χ3n) is 4.15. The number of halogens is 1. The maximum Gasteiger partial charge on any atom is 0.243 e. The van der Waals surface area contributed by atoms with Gasteiger partial charge in [0.05, 0.1) is 4.90 Å². The number of benzene rings is 1. The second kappa shape index (κ2) is 6.37. The Morgan fingerprint density at radius 1 is 1.39 bits per heavy atom. The van der Waals surface area contributed by atoms with E-state index in [9.17, 15) is 12.8 Å². The molecule has 1 saturated heterocycles. The second-order valence-corrected chi connectivity index (χ2v) is 7.81. The van der Waals surface area contributed by atoms with Crippen molar-refractivity contribution in [2.45, 2.75) is 31.2 Å². The highest BCUT2D eigenvalue weighted by atomic mass is 32.2. The molecule has 1 aliphatic heterocycles. The summed E-state index contributed by atoms with van der Waals surface area (Å²) in [6, 6.07) is 3.79. The van der Waals surface area contributed by atoms with Crippen molar-refractivity contribution < 1.29 is 12.8 Å². The summed E-state index contributed by atoms with van der Waals surface area (Å²) in [4.78, 5) is 4.09. The molecule has 0 saturated carbocycles. The maximum atomic E-state index is 13.2. The quantitative estimate of drug-likeness (QED) is 0.853. The number of rotatable bonds is 4. The van der Waals surface area contributed by atoms with Gasteiger partial charge in [-0.05, 0) is 49.4 Å². The molecule has 0 radical (unpaired) electrons. The number of hydrogen-bond acceptors (Lipinski definition) is 4. The van der Waals surface area contributed by atoms with E-state index >= 15 is 0 Å². The molecule has 1 unspecified atom stereocenters. The number of aryl methyl sites for hydroxylation is 1. The second-order valence-electron chi connectivity index (χ2n) is 5.90. The summed E-state index contributed by atoms with van der Waals surface area (Å²) in [6.07, 6.45) is 4.86. The number of hydrogen-bond donors (Lipinski definition) is 0. The van der Waals surface area contributed by atoms with E-state index in [4.69, 9.17) is 0 Å². The number of aromatic nitrogens is 3. The van der Waals surface area contributed by atoms with Crippen molar-refractivity contribution in [1.29, 1.82) is 0 Å². The van der Waals surface area contributed by atoms with Crippen LogP contribution in [0, 0.1) is 18.7 Å². The van der Waals surface area contributed by atoms with E-state index in [1.165, 1.54) is 28.8 Å². The number of sulfonamides is 1. The molecule has 3 rings (SSSR count). The molecule has 23 heavy (non-hydrogen) atoms. The molecule has 2 heterocycles. The SMILES string of the molecule is Cc1cc(F)ccc1S(=O)(=O)N1CCCC(Cn2cncn2)C1. The summed E-state index contributed by atoms with van der Waals surface area (Å²) in [6.45, 7) is 3.20. The van der Waals surface area contributed by atoms with Gasteiger partial charge in [-0.1, -0.05) is 0 Å². The van der Waals surface area contributed by atoms with Gasteiger partial charge in [0.25, 0.3) is 0 Å². The van der Waals surface area contributed by atoms with Crippen LogP contribution in [0.25, 0.3) is 0 Å². The molecule has 1 aliphatic rings. The summed E-state index contributed by atoms with van der Waals surface area (Å²) in [5, 5.41) is 4.08. The molecule has 1 fully saturated rings. The first kappa shape index (κ1) is 16.1. The van der Waals surface area contributed by atoms with Gasteiger partial charge in [0.15, 0.2) is 0 Å². The van der Waals surface area contributed by atoms with Crippen LogP contribution in [0.1, 0.15) is 18.4 Å². The maximum absolute atomic E-state index is 13.2. The van der Waals surface area contributed by atoms with Crippen LogP contribution in [0.4, 0.5) is 4.39 Å². The Morgan fingerprint density at radius 2 is 2.22 bits per heavy atom. The fourth-order valence-corrected chi connectivity index (χ4v) is 4.79. The van der Waals surface area contributed by atoms with Gasteiger partial charge in [0.1, 0.15) is 18.5 Å². The monoisotopic (exact) mass is 338 g/mol. The first-order chi connectivity index (χ1) is 11.0. The molecule has 8 heteroatoms. The smallest absolute Gasteiger partial charge is 0.243 e. The molecule has 124 valence electrons. The number of piperidine rings is 1. The molecule has 1 atom stereocenters. The van der Waals surface area contributed by atoms with Gasteiger partial charge in [-0.2, -0.15) is 9.40 Å². The van der Waals surface area contributed by atoms with Crippen LogP contribution < -0.4 is 0 Å². The third kappa shape index (κ3) is 3.42. The van der Waals surface area contributed by atoms with Crippen molar-refractivity contribution in [2.75, 3.05) is 13.1 Å². The zero-order valence-electron chi connectivity index (χ0n) is 12.9. The Bertz CT molecular complexity index is 777. The van der Waals surface area contributed by atoms with E-state index in [0.717, 1.165) is 12.8 Å². The highest BCUT2D eigenvalue weighted by molar-refractivity contribution is 7.89. The fourth-order valence-electron chi connectivity index (χ4n) is 3.03. The van der Waals surface area contributed by atoms with Crippen LogP contribution in [0.15, 0.2) is 35.7 Å².